The van der Waals surface area contributed by atoms with Gasteiger partial charge in [0, 0.05) is 11.9 Å². The Morgan fingerprint density at radius 2 is 2.00 bits per heavy atom. The summed E-state index contributed by atoms with van der Waals surface area (Å²) >= 11 is 13.2. The molecule has 0 spiro atoms. The van der Waals surface area contributed by atoms with E-state index < -0.39 is 5.91 Å². The Balaban J connectivity index is 1.64. The van der Waals surface area contributed by atoms with Crippen molar-refractivity contribution in [3.63, 3.8) is 0 Å². The molecule has 3 heterocycles. The fraction of sp³-hybridized carbons (Fsp3) is 0.400. The highest BCUT2D eigenvalue weighted by Gasteiger charge is 2.16. The van der Waals surface area contributed by atoms with Gasteiger partial charge in [0.15, 0.2) is 5.13 Å². The van der Waals surface area contributed by atoms with Crippen molar-refractivity contribution in [3.8, 4) is 0 Å². The predicted molar refractivity (Wildman–Crippen MR) is 93.5 cm³/mol. The van der Waals surface area contributed by atoms with Crippen molar-refractivity contribution in [3.05, 3.63) is 39.1 Å². The molecule has 1 amide bonds. The summed E-state index contributed by atoms with van der Waals surface area (Å²) in [4.78, 5) is 23.0. The molecule has 0 radical (unpaired) electrons. The van der Waals surface area contributed by atoms with Crippen LogP contribution in [0.25, 0.3) is 0 Å². The van der Waals surface area contributed by atoms with Gasteiger partial charge in [0.25, 0.3) is 5.91 Å². The topological polar surface area (TPSA) is 58.1 Å². The Bertz CT molecular complexity index is 701. The smallest absolute Gasteiger partial charge is 0.277 e. The van der Waals surface area contributed by atoms with Gasteiger partial charge in [-0.05, 0) is 38.1 Å². The van der Waals surface area contributed by atoms with Crippen molar-refractivity contribution < 1.29 is 4.79 Å². The Hall–Kier alpha value is -1.21. The summed E-state index contributed by atoms with van der Waals surface area (Å²) in [7, 11) is 0. The third-order valence-corrected chi connectivity index (χ3v) is 4.96. The van der Waals surface area contributed by atoms with Crippen molar-refractivity contribution in [1.29, 1.82) is 0 Å². The number of hydrogen-bond donors (Lipinski definition) is 1. The van der Waals surface area contributed by atoms with Crippen molar-refractivity contribution in [1.82, 2.24) is 14.9 Å². The molecule has 8 heteroatoms. The third kappa shape index (κ3) is 4.41. The van der Waals surface area contributed by atoms with Crippen LogP contribution in [-0.4, -0.2) is 33.9 Å². The Morgan fingerprint density at radius 3 is 2.78 bits per heavy atom. The zero-order chi connectivity index (χ0) is 16.2. The van der Waals surface area contributed by atoms with E-state index in [0.29, 0.717) is 5.13 Å². The summed E-state index contributed by atoms with van der Waals surface area (Å²) in [6.45, 7) is 3.05. The standard InChI is InChI=1S/C15H16Cl2N4OS/c16-11-4-5-12(17)19-13(11)14(22)20-15-18-10(9-23-15)8-21-6-2-1-3-7-21/h4-5,9H,1-3,6-8H2,(H,18,20,22). The summed E-state index contributed by atoms with van der Waals surface area (Å²) < 4.78 is 0. The number of pyridine rings is 1. The van der Waals surface area contributed by atoms with Crippen molar-refractivity contribution >= 4 is 45.6 Å². The first-order valence-electron chi connectivity index (χ1n) is 7.42. The second-order valence-corrected chi connectivity index (χ2v) is 7.05. The maximum absolute atomic E-state index is 12.2. The number of rotatable bonds is 4. The number of likely N-dealkylation sites (tertiary alicyclic amines) is 1. The number of amides is 1. The van der Waals surface area contributed by atoms with Crippen molar-refractivity contribution in [2.45, 2.75) is 25.8 Å². The molecule has 23 heavy (non-hydrogen) atoms. The Kier molecular flexibility index (Phi) is 5.48. The average molecular weight is 371 g/mol. The summed E-state index contributed by atoms with van der Waals surface area (Å²) in [5, 5.41) is 5.73. The SMILES string of the molecule is O=C(Nc1nc(CN2CCCCC2)cs1)c1nc(Cl)ccc1Cl. The van der Waals surface area contributed by atoms with E-state index in [1.807, 2.05) is 5.38 Å². The third-order valence-electron chi connectivity index (χ3n) is 3.63. The van der Waals surface area contributed by atoms with Crippen LogP contribution in [-0.2, 0) is 6.54 Å². The summed E-state index contributed by atoms with van der Waals surface area (Å²) in [6, 6.07) is 3.09. The summed E-state index contributed by atoms with van der Waals surface area (Å²) in [5.74, 6) is -0.406. The van der Waals surface area contributed by atoms with Crippen LogP contribution in [0.2, 0.25) is 10.2 Å². The molecule has 1 aliphatic rings. The van der Waals surface area contributed by atoms with Gasteiger partial charge in [-0.25, -0.2) is 9.97 Å². The lowest BCUT2D eigenvalue weighted by atomic mass is 10.1. The largest absolute Gasteiger partial charge is 0.297 e. The van der Waals surface area contributed by atoms with Gasteiger partial charge < -0.3 is 0 Å². The van der Waals surface area contributed by atoms with Crippen LogP contribution in [0.3, 0.4) is 0 Å². The van der Waals surface area contributed by atoms with E-state index in [0.717, 1.165) is 25.3 Å². The lowest BCUT2D eigenvalue weighted by Crippen LogP contribution is -2.29. The quantitative estimate of drug-likeness (QED) is 0.823. The van der Waals surface area contributed by atoms with E-state index in [2.05, 4.69) is 20.2 Å². The maximum atomic E-state index is 12.2. The van der Waals surface area contributed by atoms with Crippen LogP contribution in [0.5, 0.6) is 0 Å². The average Bonchev–Trinajstić information content (AvgIpc) is 2.97. The molecule has 2 aromatic rings. The summed E-state index contributed by atoms with van der Waals surface area (Å²) in [6.07, 6.45) is 3.79. The molecule has 1 N–H and O–H groups in total. The molecule has 1 fully saturated rings. The van der Waals surface area contributed by atoms with E-state index in [4.69, 9.17) is 23.2 Å². The molecule has 0 atom stereocenters. The fourth-order valence-corrected chi connectivity index (χ4v) is 3.55. The van der Waals surface area contributed by atoms with Crippen molar-refractivity contribution in [2.24, 2.45) is 0 Å². The molecule has 0 saturated carbocycles. The molecule has 1 saturated heterocycles. The second-order valence-electron chi connectivity index (χ2n) is 5.40. The van der Waals surface area contributed by atoms with Gasteiger partial charge in [-0.3, -0.25) is 15.0 Å². The normalized spacial score (nSPS) is 15.6. The number of nitrogens with zero attached hydrogens (tertiary/aromatic N) is 3. The van der Waals surface area contributed by atoms with Crippen LogP contribution >= 0.6 is 34.5 Å². The highest BCUT2D eigenvalue weighted by molar-refractivity contribution is 7.14. The molecule has 3 rings (SSSR count). The van der Waals surface area contributed by atoms with Gasteiger partial charge in [0.05, 0.1) is 10.7 Å². The van der Waals surface area contributed by atoms with Gasteiger partial charge in [-0.2, -0.15) is 0 Å². The number of aromatic nitrogens is 2. The molecule has 122 valence electrons. The molecule has 0 unspecified atom stereocenters. The minimum Gasteiger partial charge on any atom is -0.297 e. The van der Waals surface area contributed by atoms with Crippen LogP contribution in [0, 0.1) is 0 Å². The van der Waals surface area contributed by atoms with Crippen LogP contribution < -0.4 is 5.32 Å². The van der Waals surface area contributed by atoms with Crippen molar-refractivity contribution in [2.75, 3.05) is 18.4 Å². The first-order chi connectivity index (χ1) is 11.1. The van der Waals surface area contributed by atoms with Gasteiger partial charge in [0.1, 0.15) is 10.8 Å². The Morgan fingerprint density at radius 1 is 1.22 bits per heavy atom. The zero-order valence-electron chi connectivity index (χ0n) is 12.4. The first-order valence-corrected chi connectivity index (χ1v) is 9.05. The van der Waals surface area contributed by atoms with E-state index >= 15 is 0 Å². The van der Waals surface area contributed by atoms with Crippen LogP contribution in [0.1, 0.15) is 35.4 Å². The fourth-order valence-electron chi connectivity index (χ4n) is 2.52. The number of carbonyl (C=O) groups excluding carboxylic acids is 1. The highest BCUT2D eigenvalue weighted by atomic mass is 35.5. The lowest BCUT2D eigenvalue weighted by molar-refractivity contribution is 0.102. The minimum absolute atomic E-state index is 0.104. The number of carbonyl (C=O) groups is 1. The summed E-state index contributed by atoms with van der Waals surface area (Å²) in [5.41, 5.74) is 1.07. The van der Waals surface area contributed by atoms with E-state index in [9.17, 15) is 4.79 Å². The molecule has 5 nitrogen and oxygen atoms in total. The highest BCUT2D eigenvalue weighted by Crippen LogP contribution is 2.21. The minimum atomic E-state index is -0.406. The van der Waals surface area contributed by atoms with E-state index in [1.165, 1.54) is 30.6 Å². The molecule has 0 bridgehead atoms. The van der Waals surface area contributed by atoms with Crippen LogP contribution in [0.4, 0.5) is 5.13 Å². The molecular formula is C15H16Cl2N4OS. The number of hydrogen-bond acceptors (Lipinski definition) is 5. The first kappa shape index (κ1) is 16.6. The lowest BCUT2D eigenvalue weighted by Gasteiger charge is -2.25. The van der Waals surface area contributed by atoms with E-state index in [1.54, 1.807) is 12.1 Å². The molecule has 1 aliphatic heterocycles. The monoisotopic (exact) mass is 370 g/mol. The van der Waals surface area contributed by atoms with Crippen LogP contribution in [0.15, 0.2) is 17.5 Å². The van der Waals surface area contributed by atoms with Gasteiger partial charge in [-0.1, -0.05) is 29.6 Å². The molecule has 2 aromatic heterocycles. The molecule has 0 aromatic carbocycles. The molecular weight excluding hydrogens is 355 g/mol. The predicted octanol–water partition coefficient (Wildman–Crippen LogP) is 4.08. The van der Waals surface area contributed by atoms with Gasteiger partial charge in [0.2, 0.25) is 0 Å². The maximum Gasteiger partial charge on any atom is 0.277 e. The van der Waals surface area contributed by atoms with Gasteiger partial charge in [-0.15, -0.1) is 11.3 Å². The molecule has 0 aliphatic carbocycles. The van der Waals surface area contributed by atoms with E-state index in [-0.39, 0.29) is 15.9 Å². The number of halogens is 2. The number of anilines is 1. The van der Waals surface area contributed by atoms with Gasteiger partial charge >= 0.3 is 0 Å². The number of nitrogens with one attached hydrogen (secondary N) is 1. The number of piperidine rings is 1. The Labute approximate surface area is 148 Å². The zero-order valence-corrected chi connectivity index (χ0v) is 14.7. The number of thiazole rings is 1. The second kappa shape index (κ2) is 7.57.